The van der Waals surface area contributed by atoms with E-state index >= 15 is 0 Å². The summed E-state index contributed by atoms with van der Waals surface area (Å²) in [5.74, 6) is 0.825. The third-order valence-electron chi connectivity index (χ3n) is 5.58. The number of ether oxygens (including phenoxy) is 1. The molecule has 2 aromatic carbocycles. The van der Waals surface area contributed by atoms with Crippen LogP contribution in [0.25, 0.3) is 0 Å². The number of benzene rings is 2. The average Bonchev–Trinajstić information content (AvgIpc) is 3.27. The number of hydrogen-bond donors (Lipinski definition) is 0. The predicted octanol–water partition coefficient (Wildman–Crippen LogP) is 6.84. The van der Waals surface area contributed by atoms with Gasteiger partial charge in [-0.05, 0) is 55.7 Å². The van der Waals surface area contributed by atoms with Crippen LogP contribution in [0.2, 0.25) is 0 Å². The topological polar surface area (TPSA) is 85.9 Å². The van der Waals surface area contributed by atoms with Crippen LogP contribution in [0.4, 0.5) is 17.1 Å². The Morgan fingerprint density at radius 2 is 1.41 bits per heavy atom. The van der Waals surface area contributed by atoms with Gasteiger partial charge in [0.15, 0.2) is 0 Å². The molecule has 0 unspecified atom stereocenters. The van der Waals surface area contributed by atoms with Crippen LogP contribution in [-0.4, -0.2) is 16.1 Å². The normalized spacial score (nSPS) is 11.2. The standard InChI is InChI=1S/C26H34N5O3/c1-29-19-20-30(22-29)18-8-6-4-2-3-5-7-9-21-34-26-16-12-24(13-17-26)28-27-23-10-14-25(15-11-23)31(32)33/h10-17,19-20,22H,2-9,18,21H2,1H3/q+1. The summed E-state index contributed by atoms with van der Waals surface area (Å²) in [5.41, 5.74) is 1.31. The Labute approximate surface area is 201 Å². The lowest BCUT2D eigenvalue weighted by Crippen LogP contribution is -2.23. The van der Waals surface area contributed by atoms with Crippen LogP contribution in [0.5, 0.6) is 5.75 Å². The molecular formula is C26H34N5O3+. The molecule has 0 atom stereocenters. The van der Waals surface area contributed by atoms with Crippen molar-refractivity contribution in [3.8, 4) is 5.75 Å². The second kappa shape index (κ2) is 13.9. The summed E-state index contributed by atoms with van der Waals surface area (Å²) < 4.78 is 10.2. The molecule has 1 heterocycles. The highest BCUT2D eigenvalue weighted by molar-refractivity contribution is 5.45. The second-order valence-corrected chi connectivity index (χ2v) is 8.46. The number of hydrogen-bond acceptors (Lipinski definition) is 5. The zero-order chi connectivity index (χ0) is 24.0. The summed E-state index contributed by atoms with van der Waals surface area (Å²) in [6.45, 7) is 1.83. The molecule has 0 saturated carbocycles. The number of non-ortho nitro benzene ring substituents is 1. The van der Waals surface area contributed by atoms with Gasteiger partial charge in [0.2, 0.25) is 6.33 Å². The summed E-state index contributed by atoms with van der Waals surface area (Å²) in [6.07, 6.45) is 16.3. The van der Waals surface area contributed by atoms with Gasteiger partial charge in [0.05, 0.1) is 36.5 Å². The molecule has 0 N–H and O–H groups in total. The fraction of sp³-hybridized carbons (Fsp3) is 0.423. The van der Waals surface area contributed by atoms with Crippen molar-refractivity contribution in [3.63, 3.8) is 0 Å². The van der Waals surface area contributed by atoms with E-state index in [1.165, 1.54) is 57.1 Å². The highest BCUT2D eigenvalue weighted by atomic mass is 16.6. The number of azo groups is 1. The Morgan fingerprint density at radius 3 is 1.97 bits per heavy atom. The minimum atomic E-state index is -0.436. The number of rotatable bonds is 15. The first-order valence-electron chi connectivity index (χ1n) is 12.0. The molecule has 0 spiro atoms. The van der Waals surface area contributed by atoms with Gasteiger partial charge in [-0.2, -0.15) is 10.2 Å². The van der Waals surface area contributed by atoms with E-state index in [-0.39, 0.29) is 5.69 Å². The third-order valence-corrected chi connectivity index (χ3v) is 5.58. The minimum Gasteiger partial charge on any atom is -0.494 e. The van der Waals surface area contributed by atoms with Crippen molar-refractivity contribution in [1.82, 2.24) is 4.57 Å². The van der Waals surface area contributed by atoms with Crippen LogP contribution in [0, 0.1) is 10.1 Å². The zero-order valence-corrected chi connectivity index (χ0v) is 19.9. The van der Waals surface area contributed by atoms with Gasteiger partial charge in [-0.15, -0.1) is 0 Å². The molecular weight excluding hydrogens is 430 g/mol. The van der Waals surface area contributed by atoms with Gasteiger partial charge in [-0.3, -0.25) is 10.1 Å². The van der Waals surface area contributed by atoms with Crippen molar-refractivity contribution in [2.75, 3.05) is 6.61 Å². The van der Waals surface area contributed by atoms with Crippen molar-refractivity contribution >= 4 is 17.1 Å². The second-order valence-electron chi connectivity index (χ2n) is 8.46. The lowest BCUT2D eigenvalue weighted by Gasteiger charge is -2.06. The van der Waals surface area contributed by atoms with Crippen LogP contribution in [0.1, 0.15) is 51.4 Å². The largest absolute Gasteiger partial charge is 0.494 e. The SMILES string of the molecule is C[n+]1ccn(CCCCCCCCCCOc2ccc(N=Nc3ccc([N+](=O)[O-])cc3)cc2)c1. The molecule has 180 valence electrons. The van der Waals surface area contributed by atoms with Crippen molar-refractivity contribution < 1.29 is 14.2 Å². The molecule has 0 fully saturated rings. The first-order valence-corrected chi connectivity index (χ1v) is 12.0. The van der Waals surface area contributed by atoms with Crippen molar-refractivity contribution in [1.29, 1.82) is 0 Å². The van der Waals surface area contributed by atoms with Crippen molar-refractivity contribution in [3.05, 3.63) is 77.4 Å². The number of imidazole rings is 1. The number of unbranched alkanes of at least 4 members (excludes halogenated alkanes) is 7. The molecule has 1 aromatic heterocycles. The number of nitro groups is 1. The van der Waals surface area contributed by atoms with Crippen molar-refractivity contribution in [2.45, 2.75) is 57.9 Å². The van der Waals surface area contributed by atoms with E-state index in [1.54, 1.807) is 12.1 Å². The van der Waals surface area contributed by atoms with Crippen LogP contribution in [0.15, 0.2) is 77.5 Å². The Morgan fingerprint density at radius 1 is 0.853 bits per heavy atom. The molecule has 0 aliphatic heterocycles. The predicted molar refractivity (Wildman–Crippen MR) is 132 cm³/mol. The van der Waals surface area contributed by atoms with E-state index in [9.17, 15) is 10.1 Å². The Balaban J connectivity index is 1.21. The fourth-order valence-corrected chi connectivity index (χ4v) is 3.65. The number of nitro benzene ring substituents is 1. The Hall–Kier alpha value is -3.55. The van der Waals surface area contributed by atoms with Crippen molar-refractivity contribution in [2.24, 2.45) is 17.3 Å². The zero-order valence-electron chi connectivity index (χ0n) is 19.9. The lowest BCUT2D eigenvalue weighted by molar-refractivity contribution is -0.671. The summed E-state index contributed by atoms with van der Waals surface area (Å²) in [7, 11) is 2.05. The summed E-state index contributed by atoms with van der Waals surface area (Å²) in [6, 6.07) is 13.4. The third kappa shape index (κ3) is 9.13. The monoisotopic (exact) mass is 464 g/mol. The van der Waals surface area contributed by atoms with E-state index in [0.29, 0.717) is 11.4 Å². The highest BCUT2D eigenvalue weighted by Gasteiger charge is 2.03. The van der Waals surface area contributed by atoms with E-state index in [1.807, 2.05) is 24.3 Å². The molecule has 0 saturated heterocycles. The van der Waals surface area contributed by atoms with Gasteiger partial charge in [-0.1, -0.05) is 32.1 Å². The van der Waals surface area contributed by atoms with Gasteiger partial charge in [0, 0.05) is 12.1 Å². The fourth-order valence-electron chi connectivity index (χ4n) is 3.65. The summed E-state index contributed by atoms with van der Waals surface area (Å²) in [4.78, 5) is 10.2. The maximum atomic E-state index is 10.7. The molecule has 0 aliphatic carbocycles. The summed E-state index contributed by atoms with van der Waals surface area (Å²) >= 11 is 0. The average molecular weight is 465 g/mol. The smallest absolute Gasteiger partial charge is 0.269 e. The van der Waals surface area contributed by atoms with Gasteiger partial charge in [-0.25, -0.2) is 9.13 Å². The number of aryl methyl sites for hydroxylation is 2. The van der Waals surface area contributed by atoms with E-state index in [4.69, 9.17) is 4.74 Å². The molecule has 8 heteroatoms. The molecule has 0 aliphatic rings. The lowest BCUT2D eigenvalue weighted by atomic mass is 10.1. The van der Waals surface area contributed by atoms with Crippen LogP contribution in [-0.2, 0) is 13.6 Å². The maximum absolute atomic E-state index is 10.7. The molecule has 3 aromatic rings. The van der Waals surface area contributed by atoms with Gasteiger partial charge in [0.25, 0.3) is 5.69 Å². The number of aromatic nitrogens is 2. The highest BCUT2D eigenvalue weighted by Crippen LogP contribution is 2.23. The molecule has 3 rings (SSSR count). The molecule has 0 amide bonds. The van der Waals surface area contributed by atoms with Crippen LogP contribution >= 0.6 is 0 Å². The Bertz CT molecular complexity index is 1030. The first kappa shape index (κ1) is 25.1. The van der Waals surface area contributed by atoms with Gasteiger partial charge >= 0.3 is 0 Å². The van der Waals surface area contributed by atoms with Gasteiger partial charge in [0.1, 0.15) is 18.1 Å². The van der Waals surface area contributed by atoms with Crippen LogP contribution in [0.3, 0.4) is 0 Å². The Kier molecular flexibility index (Phi) is 10.2. The first-order chi connectivity index (χ1) is 16.6. The molecule has 0 radical (unpaired) electrons. The van der Waals surface area contributed by atoms with E-state index < -0.39 is 4.92 Å². The van der Waals surface area contributed by atoms with Gasteiger partial charge < -0.3 is 4.74 Å². The van der Waals surface area contributed by atoms with E-state index in [2.05, 4.69) is 45.1 Å². The quantitative estimate of drug-likeness (QED) is 0.0811. The van der Waals surface area contributed by atoms with E-state index in [0.717, 1.165) is 25.3 Å². The molecule has 34 heavy (non-hydrogen) atoms. The molecule has 8 nitrogen and oxygen atoms in total. The van der Waals surface area contributed by atoms with Crippen LogP contribution < -0.4 is 9.30 Å². The molecule has 0 bridgehead atoms. The maximum Gasteiger partial charge on any atom is 0.269 e. The minimum absolute atomic E-state index is 0.0363. The number of nitrogens with zero attached hydrogens (tertiary/aromatic N) is 5. The summed E-state index contributed by atoms with van der Waals surface area (Å²) in [5, 5.41) is 19.0.